The first kappa shape index (κ1) is 16.7. The largest absolute Gasteiger partial charge is 0.314 e. The zero-order chi connectivity index (χ0) is 17.1. The number of rotatable bonds is 4. The molecule has 0 unspecified atom stereocenters. The molecule has 0 atom stereocenters. The second-order valence-corrected chi connectivity index (χ2v) is 7.14. The van der Waals surface area contributed by atoms with Gasteiger partial charge in [0.1, 0.15) is 17.5 Å². The Balaban J connectivity index is 1.32. The van der Waals surface area contributed by atoms with Crippen LogP contribution in [0.25, 0.3) is 0 Å². The van der Waals surface area contributed by atoms with Crippen molar-refractivity contribution in [3.8, 4) is 0 Å². The highest BCUT2D eigenvalue weighted by atomic mass is 19.1. The number of aryl methyl sites for hydroxylation is 1. The van der Waals surface area contributed by atoms with E-state index in [1.807, 2.05) is 12.1 Å². The van der Waals surface area contributed by atoms with Gasteiger partial charge in [-0.3, -0.25) is 9.80 Å². The van der Waals surface area contributed by atoms with Gasteiger partial charge in [-0.05, 0) is 18.9 Å². The first-order valence-corrected chi connectivity index (χ1v) is 9.39. The van der Waals surface area contributed by atoms with Crippen LogP contribution in [0.1, 0.15) is 36.5 Å². The molecule has 3 heterocycles. The zero-order valence-corrected chi connectivity index (χ0v) is 14.7. The molecule has 6 heteroatoms. The molecule has 1 aromatic heterocycles. The summed E-state index contributed by atoms with van der Waals surface area (Å²) in [6, 6.07) is 7.08. The fraction of sp³-hybridized carbons (Fsp3) is 0.579. The van der Waals surface area contributed by atoms with Crippen LogP contribution in [-0.2, 0) is 26.1 Å². The van der Waals surface area contributed by atoms with E-state index in [4.69, 9.17) is 0 Å². The highest BCUT2D eigenvalue weighted by Gasteiger charge is 2.21. The van der Waals surface area contributed by atoms with Crippen LogP contribution in [0.5, 0.6) is 0 Å². The van der Waals surface area contributed by atoms with Crippen LogP contribution in [0, 0.1) is 5.82 Å². The molecule has 0 amide bonds. The lowest BCUT2D eigenvalue weighted by Crippen LogP contribution is -2.45. The third-order valence-corrected chi connectivity index (χ3v) is 5.37. The second kappa shape index (κ2) is 7.62. The maximum atomic E-state index is 13.8. The van der Waals surface area contributed by atoms with E-state index in [0.29, 0.717) is 6.54 Å². The monoisotopic (exact) mass is 343 g/mol. The Labute approximate surface area is 148 Å². The SMILES string of the molecule is Fc1ccccc1CN1CCN(Cc2nnc3n2CCCCC3)CC1. The molecule has 2 aliphatic heterocycles. The summed E-state index contributed by atoms with van der Waals surface area (Å²) in [5, 5.41) is 8.84. The van der Waals surface area contributed by atoms with Gasteiger partial charge in [-0.25, -0.2) is 4.39 Å². The van der Waals surface area contributed by atoms with Gasteiger partial charge in [0.15, 0.2) is 0 Å². The highest BCUT2D eigenvalue weighted by Crippen LogP contribution is 2.17. The standard InChI is InChI=1S/C19H26FN5/c20-17-7-4-3-6-16(17)14-23-10-12-24(13-11-23)15-19-22-21-18-8-2-1-5-9-25(18)19/h3-4,6-7H,1-2,5,8-15H2. The first-order valence-electron chi connectivity index (χ1n) is 9.39. The third-order valence-electron chi connectivity index (χ3n) is 5.37. The van der Waals surface area contributed by atoms with E-state index in [2.05, 4.69) is 24.6 Å². The van der Waals surface area contributed by atoms with Gasteiger partial charge in [-0.2, -0.15) is 0 Å². The van der Waals surface area contributed by atoms with Crippen molar-refractivity contribution < 1.29 is 4.39 Å². The molecule has 0 radical (unpaired) electrons. The Morgan fingerprint density at radius 3 is 2.40 bits per heavy atom. The van der Waals surface area contributed by atoms with Crippen molar-refractivity contribution in [2.45, 2.75) is 45.3 Å². The predicted molar refractivity (Wildman–Crippen MR) is 94.5 cm³/mol. The van der Waals surface area contributed by atoms with Crippen LogP contribution in [0.2, 0.25) is 0 Å². The number of hydrogen-bond donors (Lipinski definition) is 0. The molecular weight excluding hydrogens is 317 g/mol. The number of halogens is 1. The molecule has 4 rings (SSSR count). The van der Waals surface area contributed by atoms with E-state index in [-0.39, 0.29) is 5.82 Å². The molecule has 0 N–H and O–H groups in total. The molecule has 0 bridgehead atoms. The lowest BCUT2D eigenvalue weighted by Gasteiger charge is -2.34. The topological polar surface area (TPSA) is 37.2 Å². The van der Waals surface area contributed by atoms with Crippen molar-refractivity contribution in [1.29, 1.82) is 0 Å². The van der Waals surface area contributed by atoms with E-state index in [1.54, 1.807) is 12.1 Å². The molecule has 0 aliphatic carbocycles. The minimum absolute atomic E-state index is 0.101. The average Bonchev–Trinajstić information content (AvgIpc) is 2.85. The van der Waals surface area contributed by atoms with Crippen LogP contribution < -0.4 is 0 Å². The molecule has 134 valence electrons. The molecule has 2 aliphatic rings. The summed E-state index contributed by atoms with van der Waals surface area (Å²) < 4.78 is 16.1. The lowest BCUT2D eigenvalue weighted by molar-refractivity contribution is 0.118. The van der Waals surface area contributed by atoms with Crippen molar-refractivity contribution in [2.24, 2.45) is 0 Å². The number of hydrogen-bond acceptors (Lipinski definition) is 4. The summed E-state index contributed by atoms with van der Waals surface area (Å²) in [5.74, 6) is 2.17. The Bertz CT molecular complexity index is 706. The Hall–Kier alpha value is -1.79. The van der Waals surface area contributed by atoms with Crippen molar-refractivity contribution in [3.05, 3.63) is 47.3 Å². The van der Waals surface area contributed by atoms with Gasteiger partial charge in [0.05, 0.1) is 6.54 Å². The molecule has 2 aromatic rings. The number of fused-ring (bicyclic) bond motifs is 1. The van der Waals surface area contributed by atoms with E-state index >= 15 is 0 Å². The molecule has 5 nitrogen and oxygen atoms in total. The van der Waals surface area contributed by atoms with E-state index in [1.165, 1.54) is 19.3 Å². The Kier molecular flexibility index (Phi) is 5.08. The van der Waals surface area contributed by atoms with E-state index in [9.17, 15) is 4.39 Å². The van der Waals surface area contributed by atoms with Crippen LogP contribution >= 0.6 is 0 Å². The van der Waals surface area contributed by atoms with Gasteiger partial charge in [0.2, 0.25) is 0 Å². The molecule has 1 fully saturated rings. The predicted octanol–water partition coefficient (Wildman–Crippen LogP) is 2.46. The van der Waals surface area contributed by atoms with Gasteiger partial charge >= 0.3 is 0 Å². The second-order valence-electron chi connectivity index (χ2n) is 7.14. The summed E-state index contributed by atoms with van der Waals surface area (Å²) in [5.41, 5.74) is 0.790. The smallest absolute Gasteiger partial charge is 0.147 e. The summed E-state index contributed by atoms with van der Waals surface area (Å²) in [6.07, 6.45) is 4.81. The molecule has 25 heavy (non-hydrogen) atoms. The van der Waals surface area contributed by atoms with Crippen molar-refractivity contribution in [2.75, 3.05) is 26.2 Å². The molecule has 1 saturated heterocycles. The number of benzene rings is 1. The van der Waals surface area contributed by atoms with Gasteiger partial charge in [0, 0.05) is 51.3 Å². The van der Waals surface area contributed by atoms with Crippen LogP contribution in [0.3, 0.4) is 0 Å². The Morgan fingerprint density at radius 1 is 0.840 bits per heavy atom. The fourth-order valence-corrected chi connectivity index (χ4v) is 3.84. The van der Waals surface area contributed by atoms with Gasteiger partial charge in [0.25, 0.3) is 0 Å². The van der Waals surface area contributed by atoms with E-state index in [0.717, 1.165) is 62.9 Å². The molecule has 0 saturated carbocycles. The van der Waals surface area contributed by atoms with Crippen LogP contribution in [-0.4, -0.2) is 50.7 Å². The number of aromatic nitrogens is 3. The quantitative estimate of drug-likeness (QED) is 0.855. The Morgan fingerprint density at radius 2 is 1.60 bits per heavy atom. The number of piperazine rings is 1. The maximum Gasteiger partial charge on any atom is 0.147 e. The zero-order valence-electron chi connectivity index (χ0n) is 14.7. The minimum atomic E-state index is -0.101. The molecular formula is C19H26FN5. The van der Waals surface area contributed by atoms with E-state index < -0.39 is 0 Å². The summed E-state index contributed by atoms with van der Waals surface area (Å²) in [4.78, 5) is 4.78. The number of nitrogens with zero attached hydrogens (tertiary/aromatic N) is 5. The molecule has 1 aromatic carbocycles. The third kappa shape index (κ3) is 3.90. The van der Waals surface area contributed by atoms with Crippen LogP contribution in [0.15, 0.2) is 24.3 Å². The first-order chi connectivity index (χ1) is 12.3. The average molecular weight is 343 g/mol. The highest BCUT2D eigenvalue weighted by molar-refractivity contribution is 5.17. The van der Waals surface area contributed by atoms with Gasteiger partial charge in [-0.1, -0.05) is 24.6 Å². The van der Waals surface area contributed by atoms with Gasteiger partial charge in [-0.15, -0.1) is 10.2 Å². The fourth-order valence-electron chi connectivity index (χ4n) is 3.84. The van der Waals surface area contributed by atoms with Crippen molar-refractivity contribution >= 4 is 0 Å². The van der Waals surface area contributed by atoms with Crippen molar-refractivity contribution in [3.63, 3.8) is 0 Å². The van der Waals surface area contributed by atoms with Crippen molar-refractivity contribution in [1.82, 2.24) is 24.6 Å². The normalized spacial score (nSPS) is 19.6. The summed E-state index contributed by atoms with van der Waals surface area (Å²) in [6.45, 7) is 6.56. The molecule has 0 spiro atoms. The minimum Gasteiger partial charge on any atom is -0.314 e. The van der Waals surface area contributed by atoms with Crippen LogP contribution in [0.4, 0.5) is 4.39 Å². The summed E-state index contributed by atoms with van der Waals surface area (Å²) >= 11 is 0. The summed E-state index contributed by atoms with van der Waals surface area (Å²) in [7, 11) is 0. The lowest BCUT2D eigenvalue weighted by atomic mass is 10.2. The van der Waals surface area contributed by atoms with Gasteiger partial charge < -0.3 is 4.57 Å². The maximum absolute atomic E-state index is 13.8.